The summed E-state index contributed by atoms with van der Waals surface area (Å²) in [7, 11) is 0. The molecule has 4 rings (SSSR count). The lowest BCUT2D eigenvalue weighted by Crippen LogP contribution is -2.40. The number of carbonyl (C=O) groups excluding carboxylic acids is 1. The van der Waals surface area contributed by atoms with Gasteiger partial charge in [-0.3, -0.25) is 9.69 Å². The van der Waals surface area contributed by atoms with Crippen molar-refractivity contribution in [1.82, 2.24) is 15.5 Å². The maximum atomic E-state index is 12.2. The Kier molecular flexibility index (Phi) is 8.87. The van der Waals surface area contributed by atoms with Gasteiger partial charge in [-0.15, -0.1) is 24.8 Å². The predicted octanol–water partition coefficient (Wildman–Crippen LogP) is 3.32. The highest BCUT2D eigenvalue weighted by molar-refractivity contribution is 5.85. The lowest BCUT2D eigenvalue weighted by molar-refractivity contribution is -0.122. The number of halogens is 2. The van der Waals surface area contributed by atoms with E-state index in [1.54, 1.807) is 0 Å². The first kappa shape index (κ1) is 22.5. The molecule has 152 valence electrons. The number of piperidine rings is 1. The Morgan fingerprint density at radius 2 is 1.81 bits per heavy atom. The number of benzene rings is 1. The summed E-state index contributed by atoms with van der Waals surface area (Å²) in [5, 5.41) is 6.80. The van der Waals surface area contributed by atoms with Crippen LogP contribution in [0.25, 0.3) is 0 Å². The molecule has 0 aliphatic carbocycles. The highest BCUT2D eigenvalue weighted by atomic mass is 35.5. The standard InChI is InChI=1S/C21H31N3O.2ClH/c25-21(14-16-12-19-6-7-20(13-16)23-19)22-9-3-10-24-11-8-17-4-1-2-5-18(17)15-24;;/h1-2,4-5,16,19-20,23H,3,6-15H2,(H,22,25);2*1H. The van der Waals surface area contributed by atoms with E-state index >= 15 is 0 Å². The minimum absolute atomic E-state index is 0. The molecule has 4 nitrogen and oxygen atoms in total. The van der Waals surface area contributed by atoms with E-state index in [1.807, 2.05) is 0 Å². The summed E-state index contributed by atoms with van der Waals surface area (Å²) in [6.07, 6.45) is 7.93. The van der Waals surface area contributed by atoms with Crippen LogP contribution in [0.3, 0.4) is 0 Å². The van der Waals surface area contributed by atoms with Crippen molar-refractivity contribution >= 4 is 30.7 Å². The number of nitrogens with zero attached hydrogens (tertiary/aromatic N) is 1. The van der Waals surface area contributed by atoms with E-state index < -0.39 is 0 Å². The average Bonchev–Trinajstić information content (AvgIpc) is 2.97. The number of amides is 1. The zero-order valence-corrected chi connectivity index (χ0v) is 17.6. The third-order valence-electron chi connectivity index (χ3n) is 6.23. The molecule has 2 fully saturated rings. The zero-order valence-electron chi connectivity index (χ0n) is 16.0. The molecule has 0 aromatic heterocycles. The Labute approximate surface area is 175 Å². The van der Waals surface area contributed by atoms with Gasteiger partial charge in [0.2, 0.25) is 5.91 Å². The van der Waals surface area contributed by atoms with Gasteiger partial charge in [0.05, 0.1) is 0 Å². The second-order valence-corrected chi connectivity index (χ2v) is 8.18. The van der Waals surface area contributed by atoms with E-state index in [9.17, 15) is 4.79 Å². The minimum Gasteiger partial charge on any atom is -0.356 e. The third kappa shape index (κ3) is 6.08. The molecule has 2 saturated heterocycles. The van der Waals surface area contributed by atoms with Gasteiger partial charge in [-0.2, -0.15) is 0 Å². The van der Waals surface area contributed by atoms with E-state index in [2.05, 4.69) is 39.8 Å². The van der Waals surface area contributed by atoms with Crippen LogP contribution in [0.4, 0.5) is 0 Å². The van der Waals surface area contributed by atoms with E-state index in [-0.39, 0.29) is 30.7 Å². The van der Waals surface area contributed by atoms with Gasteiger partial charge in [0.1, 0.15) is 0 Å². The average molecular weight is 414 g/mol. The molecule has 1 amide bonds. The van der Waals surface area contributed by atoms with Gasteiger partial charge in [-0.1, -0.05) is 24.3 Å². The molecule has 2 unspecified atom stereocenters. The topological polar surface area (TPSA) is 44.4 Å². The molecule has 3 aliphatic heterocycles. The largest absolute Gasteiger partial charge is 0.356 e. The molecule has 0 spiro atoms. The summed E-state index contributed by atoms with van der Waals surface area (Å²) in [5.41, 5.74) is 2.97. The SMILES string of the molecule is Cl.Cl.O=C(CC1CC2CCC(C1)N2)NCCCN1CCc2ccccc2C1. The van der Waals surface area contributed by atoms with E-state index in [0.29, 0.717) is 18.0 Å². The maximum Gasteiger partial charge on any atom is 0.220 e. The molecule has 1 aromatic carbocycles. The maximum absolute atomic E-state index is 12.2. The Morgan fingerprint density at radius 3 is 2.56 bits per heavy atom. The van der Waals surface area contributed by atoms with Gasteiger partial charge in [-0.05, 0) is 55.6 Å². The van der Waals surface area contributed by atoms with Crippen molar-refractivity contribution < 1.29 is 4.79 Å². The van der Waals surface area contributed by atoms with Crippen molar-refractivity contribution in [2.75, 3.05) is 19.6 Å². The summed E-state index contributed by atoms with van der Waals surface area (Å²) < 4.78 is 0. The number of fused-ring (bicyclic) bond motifs is 3. The highest BCUT2D eigenvalue weighted by Gasteiger charge is 2.34. The Bertz CT molecular complexity index is 601. The molecule has 0 saturated carbocycles. The molecule has 3 heterocycles. The second-order valence-electron chi connectivity index (χ2n) is 8.18. The van der Waals surface area contributed by atoms with Crippen molar-refractivity contribution in [3.8, 4) is 0 Å². The molecule has 1 aromatic rings. The third-order valence-corrected chi connectivity index (χ3v) is 6.23. The van der Waals surface area contributed by atoms with Crippen LogP contribution in [-0.2, 0) is 17.8 Å². The van der Waals surface area contributed by atoms with Gasteiger partial charge in [0, 0.05) is 44.7 Å². The van der Waals surface area contributed by atoms with Gasteiger partial charge in [0.25, 0.3) is 0 Å². The number of hydrogen-bond donors (Lipinski definition) is 2. The fourth-order valence-corrected chi connectivity index (χ4v) is 4.95. The number of hydrogen-bond acceptors (Lipinski definition) is 3. The summed E-state index contributed by atoms with van der Waals surface area (Å²) >= 11 is 0. The van der Waals surface area contributed by atoms with E-state index in [0.717, 1.165) is 45.4 Å². The predicted molar refractivity (Wildman–Crippen MR) is 115 cm³/mol. The van der Waals surface area contributed by atoms with Gasteiger partial charge in [0.15, 0.2) is 0 Å². The highest BCUT2D eigenvalue weighted by Crippen LogP contribution is 2.32. The van der Waals surface area contributed by atoms with Crippen molar-refractivity contribution in [3.63, 3.8) is 0 Å². The van der Waals surface area contributed by atoms with Crippen molar-refractivity contribution in [3.05, 3.63) is 35.4 Å². The van der Waals surface area contributed by atoms with Crippen LogP contribution in [0.2, 0.25) is 0 Å². The molecular weight excluding hydrogens is 381 g/mol. The monoisotopic (exact) mass is 413 g/mol. The van der Waals surface area contributed by atoms with Gasteiger partial charge in [-0.25, -0.2) is 0 Å². The second kappa shape index (κ2) is 10.7. The van der Waals surface area contributed by atoms with Gasteiger partial charge < -0.3 is 10.6 Å². The first-order chi connectivity index (χ1) is 12.3. The molecule has 0 radical (unpaired) electrons. The minimum atomic E-state index is 0. The molecule has 27 heavy (non-hydrogen) atoms. The molecular formula is C21H33Cl2N3O. The van der Waals surface area contributed by atoms with Crippen LogP contribution in [0.5, 0.6) is 0 Å². The van der Waals surface area contributed by atoms with Crippen molar-refractivity contribution in [2.45, 2.75) is 63.6 Å². The van der Waals surface area contributed by atoms with Crippen molar-refractivity contribution in [1.29, 1.82) is 0 Å². The van der Waals surface area contributed by atoms with E-state index in [4.69, 9.17) is 0 Å². The smallest absolute Gasteiger partial charge is 0.220 e. The van der Waals surface area contributed by atoms with Crippen LogP contribution in [-0.4, -0.2) is 42.5 Å². The fourth-order valence-electron chi connectivity index (χ4n) is 4.95. The molecule has 2 bridgehead atoms. The fraction of sp³-hybridized carbons (Fsp3) is 0.667. The molecule has 2 atom stereocenters. The number of carbonyl (C=O) groups is 1. The lowest BCUT2D eigenvalue weighted by Gasteiger charge is -2.29. The van der Waals surface area contributed by atoms with Crippen LogP contribution >= 0.6 is 24.8 Å². The summed E-state index contributed by atoms with van der Waals surface area (Å²) in [4.78, 5) is 14.7. The van der Waals surface area contributed by atoms with Crippen LogP contribution in [0.15, 0.2) is 24.3 Å². The van der Waals surface area contributed by atoms with E-state index in [1.165, 1.54) is 36.8 Å². The number of rotatable bonds is 6. The Hall–Kier alpha value is -0.810. The summed E-state index contributed by atoms with van der Waals surface area (Å²) in [6.45, 7) is 4.09. The van der Waals surface area contributed by atoms with Crippen LogP contribution in [0, 0.1) is 5.92 Å². The Morgan fingerprint density at radius 1 is 1.11 bits per heavy atom. The normalized spacial score (nSPS) is 26.4. The first-order valence-electron chi connectivity index (χ1n) is 10.1. The summed E-state index contributed by atoms with van der Waals surface area (Å²) in [6, 6.07) is 10.1. The molecule has 3 aliphatic rings. The molecule has 6 heteroatoms. The summed E-state index contributed by atoms with van der Waals surface area (Å²) in [5.74, 6) is 0.854. The molecule has 2 N–H and O–H groups in total. The zero-order chi connectivity index (χ0) is 17.1. The Balaban J connectivity index is 0.00000131. The lowest BCUT2D eigenvalue weighted by atomic mass is 9.89. The quantitative estimate of drug-likeness (QED) is 0.702. The first-order valence-corrected chi connectivity index (χ1v) is 10.1. The number of nitrogens with one attached hydrogen (secondary N) is 2. The van der Waals surface area contributed by atoms with Crippen molar-refractivity contribution in [2.24, 2.45) is 5.92 Å². The van der Waals surface area contributed by atoms with Crippen LogP contribution < -0.4 is 10.6 Å². The van der Waals surface area contributed by atoms with Gasteiger partial charge >= 0.3 is 0 Å². The van der Waals surface area contributed by atoms with Crippen LogP contribution in [0.1, 0.15) is 49.7 Å².